The summed E-state index contributed by atoms with van der Waals surface area (Å²) in [7, 11) is 0. The first-order valence-electron chi connectivity index (χ1n) is 5.52. The van der Waals surface area contributed by atoms with Crippen LogP contribution in [0.4, 0.5) is 11.4 Å². The summed E-state index contributed by atoms with van der Waals surface area (Å²) in [6.07, 6.45) is 2.78. The number of hydrogen-bond donors (Lipinski definition) is 2. The molecule has 20 heavy (non-hydrogen) atoms. The summed E-state index contributed by atoms with van der Waals surface area (Å²) in [5, 5.41) is 12.6. The van der Waals surface area contributed by atoms with Crippen LogP contribution in [0, 0.1) is 0 Å². The van der Waals surface area contributed by atoms with Crippen molar-refractivity contribution in [1.29, 1.82) is 0 Å². The maximum atomic E-state index is 11.2. The summed E-state index contributed by atoms with van der Waals surface area (Å²) in [6, 6.07) is 5.02. The zero-order chi connectivity index (χ0) is 14.1. The molecule has 0 radical (unpaired) electrons. The van der Waals surface area contributed by atoms with Gasteiger partial charge in [0.2, 0.25) is 0 Å². The molecule has 0 unspecified atom stereocenters. The molecule has 0 atom stereocenters. The zero-order valence-corrected chi connectivity index (χ0v) is 11.4. The number of aromatic nitrogens is 3. The summed E-state index contributed by atoms with van der Waals surface area (Å²) >= 11 is 7.22. The number of nitrogens with one attached hydrogen (secondary N) is 1. The predicted octanol–water partition coefficient (Wildman–Crippen LogP) is 3.18. The number of nitrogens with zero attached hydrogens (tertiary/aromatic N) is 3. The Labute approximate surface area is 122 Å². The number of carboxylic acids is 1. The van der Waals surface area contributed by atoms with E-state index in [4.69, 9.17) is 16.7 Å². The van der Waals surface area contributed by atoms with Gasteiger partial charge in [-0.2, -0.15) is 8.75 Å². The smallest absolute Gasteiger partial charge is 0.339 e. The molecule has 6 nitrogen and oxygen atoms in total. The van der Waals surface area contributed by atoms with Crippen molar-refractivity contribution in [1.82, 2.24) is 13.7 Å². The lowest BCUT2D eigenvalue weighted by Gasteiger charge is -2.10. The Hall–Kier alpha value is -2.25. The third kappa shape index (κ3) is 2.17. The number of halogens is 1. The maximum absolute atomic E-state index is 11.2. The fourth-order valence-electron chi connectivity index (χ4n) is 1.75. The molecule has 0 aliphatic carbocycles. The molecule has 0 aliphatic rings. The average molecular weight is 307 g/mol. The molecule has 0 saturated carbocycles. The van der Waals surface area contributed by atoms with E-state index < -0.39 is 5.97 Å². The molecule has 1 aromatic carbocycles. The van der Waals surface area contributed by atoms with Crippen molar-refractivity contribution in [2.75, 3.05) is 5.32 Å². The number of hydrogen-bond acceptors (Lipinski definition) is 6. The lowest BCUT2D eigenvalue weighted by atomic mass is 10.2. The first-order chi connectivity index (χ1) is 9.66. The monoisotopic (exact) mass is 306 g/mol. The Morgan fingerprint density at radius 3 is 2.95 bits per heavy atom. The van der Waals surface area contributed by atoms with E-state index >= 15 is 0 Å². The Morgan fingerprint density at radius 2 is 2.15 bits per heavy atom. The standard InChI is InChI=1S/C12H7ClN4O2S/c13-7-1-2-9-11(17-20-16-9)10(7)15-8-3-4-14-5-6(8)12(18)19/h1-5H,(H,14,15)(H,18,19). The van der Waals surface area contributed by atoms with E-state index in [0.29, 0.717) is 27.4 Å². The number of carbonyl (C=O) groups is 1. The average Bonchev–Trinajstić information content (AvgIpc) is 2.91. The van der Waals surface area contributed by atoms with Crippen molar-refractivity contribution in [2.45, 2.75) is 0 Å². The van der Waals surface area contributed by atoms with Crippen LogP contribution in [0.15, 0.2) is 30.6 Å². The summed E-state index contributed by atoms with van der Waals surface area (Å²) in [4.78, 5) is 15.0. The van der Waals surface area contributed by atoms with Gasteiger partial charge in [-0.05, 0) is 18.2 Å². The summed E-state index contributed by atoms with van der Waals surface area (Å²) in [5.74, 6) is -1.07. The van der Waals surface area contributed by atoms with E-state index in [0.717, 1.165) is 11.7 Å². The third-order valence-corrected chi connectivity index (χ3v) is 3.55. The van der Waals surface area contributed by atoms with Crippen molar-refractivity contribution < 1.29 is 9.90 Å². The van der Waals surface area contributed by atoms with Gasteiger partial charge in [0.25, 0.3) is 0 Å². The van der Waals surface area contributed by atoms with Crippen LogP contribution in [0.1, 0.15) is 10.4 Å². The fourth-order valence-corrected chi connectivity index (χ4v) is 2.50. The first-order valence-corrected chi connectivity index (χ1v) is 6.63. The number of benzene rings is 1. The van der Waals surface area contributed by atoms with E-state index in [1.807, 2.05) is 0 Å². The van der Waals surface area contributed by atoms with Gasteiger partial charge >= 0.3 is 5.97 Å². The van der Waals surface area contributed by atoms with Crippen LogP contribution in [0.25, 0.3) is 11.0 Å². The van der Waals surface area contributed by atoms with Gasteiger partial charge < -0.3 is 10.4 Å². The largest absolute Gasteiger partial charge is 0.478 e. The first kappa shape index (κ1) is 12.8. The number of anilines is 2. The molecule has 2 aromatic heterocycles. The SMILES string of the molecule is O=C(O)c1cnccc1Nc1c(Cl)ccc2nsnc12. The van der Waals surface area contributed by atoms with Crippen molar-refractivity contribution >= 4 is 51.7 Å². The Morgan fingerprint density at radius 1 is 1.30 bits per heavy atom. The summed E-state index contributed by atoms with van der Waals surface area (Å²) in [5.41, 5.74) is 2.30. The van der Waals surface area contributed by atoms with Crippen molar-refractivity contribution in [2.24, 2.45) is 0 Å². The zero-order valence-electron chi connectivity index (χ0n) is 9.87. The van der Waals surface area contributed by atoms with E-state index in [1.165, 1.54) is 12.4 Å². The van der Waals surface area contributed by atoms with Gasteiger partial charge in [0.05, 0.1) is 28.1 Å². The third-order valence-electron chi connectivity index (χ3n) is 2.69. The van der Waals surface area contributed by atoms with E-state index in [-0.39, 0.29) is 5.56 Å². The summed E-state index contributed by atoms with van der Waals surface area (Å²) < 4.78 is 8.29. The minimum Gasteiger partial charge on any atom is -0.478 e. The van der Waals surface area contributed by atoms with Gasteiger partial charge in [0.15, 0.2) is 0 Å². The second-order valence-corrected chi connectivity index (χ2v) is 4.84. The van der Waals surface area contributed by atoms with Gasteiger partial charge in [-0.1, -0.05) is 11.6 Å². The normalized spacial score (nSPS) is 10.7. The van der Waals surface area contributed by atoms with Gasteiger partial charge in [-0.3, -0.25) is 4.98 Å². The minimum absolute atomic E-state index is 0.0590. The van der Waals surface area contributed by atoms with Gasteiger partial charge in [0.1, 0.15) is 16.6 Å². The molecule has 2 heterocycles. The lowest BCUT2D eigenvalue weighted by molar-refractivity contribution is 0.0697. The number of fused-ring (bicyclic) bond motifs is 1. The molecule has 0 fully saturated rings. The molecular weight excluding hydrogens is 300 g/mol. The molecule has 0 spiro atoms. The van der Waals surface area contributed by atoms with Crippen molar-refractivity contribution in [3.8, 4) is 0 Å². The van der Waals surface area contributed by atoms with E-state index in [9.17, 15) is 4.79 Å². The Balaban J connectivity index is 2.12. The quantitative estimate of drug-likeness (QED) is 0.772. The maximum Gasteiger partial charge on any atom is 0.339 e. The second-order valence-electron chi connectivity index (χ2n) is 3.91. The number of pyridine rings is 1. The Kier molecular flexibility index (Phi) is 3.21. The van der Waals surface area contributed by atoms with Gasteiger partial charge in [-0.25, -0.2) is 4.79 Å². The predicted molar refractivity (Wildman–Crippen MR) is 76.9 cm³/mol. The molecular formula is C12H7ClN4O2S. The molecule has 0 amide bonds. The fraction of sp³-hybridized carbons (Fsp3) is 0. The van der Waals surface area contributed by atoms with Crippen molar-refractivity contribution in [3.63, 3.8) is 0 Å². The van der Waals surface area contributed by atoms with Crippen LogP contribution in [-0.2, 0) is 0 Å². The van der Waals surface area contributed by atoms with Crippen LogP contribution in [-0.4, -0.2) is 24.8 Å². The van der Waals surface area contributed by atoms with Crippen LogP contribution >= 0.6 is 23.3 Å². The van der Waals surface area contributed by atoms with Gasteiger partial charge in [0, 0.05) is 12.4 Å². The topological polar surface area (TPSA) is 88.0 Å². The molecule has 0 aliphatic heterocycles. The second kappa shape index (κ2) is 5.03. The van der Waals surface area contributed by atoms with Crippen LogP contribution in [0.2, 0.25) is 5.02 Å². The van der Waals surface area contributed by atoms with Gasteiger partial charge in [-0.15, -0.1) is 0 Å². The number of aromatic carboxylic acids is 1. The highest BCUT2D eigenvalue weighted by Gasteiger charge is 2.14. The molecule has 8 heteroatoms. The molecule has 0 bridgehead atoms. The van der Waals surface area contributed by atoms with E-state index in [1.54, 1.807) is 18.2 Å². The van der Waals surface area contributed by atoms with E-state index in [2.05, 4.69) is 19.0 Å². The minimum atomic E-state index is -1.07. The van der Waals surface area contributed by atoms with Crippen LogP contribution in [0.5, 0.6) is 0 Å². The number of carboxylic acid groups (broad SMARTS) is 1. The van der Waals surface area contributed by atoms with Crippen LogP contribution < -0.4 is 5.32 Å². The molecule has 0 saturated heterocycles. The number of rotatable bonds is 3. The molecule has 3 aromatic rings. The highest BCUT2D eigenvalue weighted by molar-refractivity contribution is 7.00. The van der Waals surface area contributed by atoms with Crippen molar-refractivity contribution in [3.05, 3.63) is 41.2 Å². The van der Waals surface area contributed by atoms with Crippen LogP contribution in [0.3, 0.4) is 0 Å². The molecule has 100 valence electrons. The molecule has 2 N–H and O–H groups in total. The summed E-state index contributed by atoms with van der Waals surface area (Å²) in [6.45, 7) is 0. The Bertz CT molecular complexity index is 805. The highest BCUT2D eigenvalue weighted by atomic mass is 35.5. The lowest BCUT2D eigenvalue weighted by Crippen LogP contribution is -2.03. The molecule has 3 rings (SSSR count). The highest BCUT2D eigenvalue weighted by Crippen LogP contribution is 2.33.